The zero-order chi connectivity index (χ0) is 12.1. The summed E-state index contributed by atoms with van der Waals surface area (Å²) >= 11 is 0. The van der Waals surface area contributed by atoms with Crippen LogP contribution in [-0.2, 0) is 4.79 Å². The van der Waals surface area contributed by atoms with E-state index < -0.39 is 0 Å². The van der Waals surface area contributed by atoms with Crippen molar-refractivity contribution >= 4 is 11.6 Å². The van der Waals surface area contributed by atoms with Gasteiger partial charge in [-0.1, -0.05) is 19.9 Å². The number of aryl methyl sites for hydroxylation is 1. The molecule has 0 fully saturated rings. The first-order chi connectivity index (χ1) is 7.52. The molecular formula is C13H19NO2. The maximum absolute atomic E-state index is 11.6. The van der Waals surface area contributed by atoms with Crippen LogP contribution in [0, 0.1) is 12.8 Å². The van der Waals surface area contributed by atoms with E-state index in [1.807, 2.05) is 39.0 Å². The van der Waals surface area contributed by atoms with Gasteiger partial charge in [0.25, 0.3) is 0 Å². The molecule has 1 aromatic carbocycles. The predicted octanol–water partition coefficient (Wildman–Crippen LogP) is 2.99. The molecule has 0 saturated heterocycles. The van der Waals surface area contributed by atoms with Crippen molar-refractivity contribution < 1.29 is 9.53 Å². The lowest BCUT2D eigenvalue weighted by Crippen LogP contribution is -2.14. The van der Waals surface area contributed by atoms with Crippen molar-refractivity contribution in [3.8, 4) is 5.75 Å². The minimum atomic E-state index is 0.0251. The van der Waals surface area contributed by atoms with Crippen molar-refractivity contribution in [1.82, 2.24) is 0 Å². The van der Waals surface area contributed by atoms with E-state index in [-0.39, 0.29) is 5.91 Å². The summed E-state index contributed by atoms with van der Waals surface area (Å²) in [5, 5.41) is 2.86. The molecule has 0 aliphatic carbocycles. The van der Waals surface area contributed by atoms with Gasteiger partial charge in [-0.25, -0.2) is 0 Å². The van der Waals surface area contributed by atoms with Crippen LogP contribution >= 0.6 is 0 Å². The second-order valence-electron chi connectivity index (χ2n) is 4.35. The Morgan fingerprint density at radius 3 is 2.69 bits per heavy atom. The molecule has 3 nitrogen and oxygen atoms in total. The Bertz CT molecular complexity index is 372. The fraction of sp³-hybridized carbons (Fsp3) is 0.462. The minimum absolute atomic E-state index is 0.0251. The van der Waals surface area contributed by atoms with Crippen LogP contribution in [0.15, 0.2) is 18.2 Å². The predicted molar refractivity (Wildman–Crippen MR) is 65.8 cm³/mol. The van der Waals surface area contributed by atoms with Gasteiger partial charge in [0.2, 0.25) is 5.91 Å². The van der Waals surface area contributed by atoms with E-state index in [9.17, 15) is 4.79 Å². The highest BCUT2D eigenvalue weighted by molar-refractivity contribution is 5.92. The highest BCUT2D eigenvalue weighted by Crippen LogP contribution is 2.25. The molecule has 16 heavy (non-hydrogen) atoms. The molecule has 0 spiro atoms. The van der Waals surface area contributed by atoms with Crippen LogP contribution in [0.4, 0.5) is 5.69 Å². The second-order valence-corrected chi connectivity index (χ2v) is 4.35. The van der Waals surface area contributed by atoms with Gasteiger partial charge >= 0.3 is 0 Å². The highest BCUT2D eigenvalue weighted by atomic mass is 16.5. The number of hydrogen-bond donors (Lipinski definition) is 1. The summed E-state index contributed by atoms with van der Waals surface area (Å²) in [4.78, 5) is 11.6. The van der Waals surface area contributed by atoms with E-state index in [0.29, 0.717) is 18.1 Å². The van der Waals surface area contributed by atoms with Crippen LogP contribution in [0.25, 0.3) is 0 Å². The van der Waals surface area contributed by atoms with E-state index in [1.54, 1.807) is 7.11 Å². The molecule has 0 aliphatic heterocycles. The van der Waals surface area contributed by atoms with Gasteiger partial charge in [-0.3, -0.25) is 4.79 Å². The summed E-state index contributed by atoms with van der Waals surface area (Å²) in [7, 11) is 1.60. The first-order valence-corrected chi connectivity index (χ1v) is 5.47. The third kappa shape index (κ3) is 3.57. The highest BCUT2D eigenvalue weighted by Gasteiger charge is 2.08. The number of nitrogens with one attached hydrogen (secondary N) is 1. The SMILES string of the molecule is COc1cc(C)ccc1NC(=O)CC(C)C. The summed E-state index contributed by atoms with van der Waals surface area (Å²) in [6, 6.07) is 5.73. The van der Waals surface area contributed by atoms with Gasteiger partial charge in [0.1, 0.15) is 5.75 Å². The summed E-state index contributed by atoms with van der Waals surface area (Å²) in [6.45, 7) is 6.03. The zero-order valence-electron chi connectivity index (χ0n) is 10.3. The Morgan fingerprint density at radius 2 is 2.12 bits per heavy atom. The van der Waals surface area contributed by atoms with Crippen molar-refractivity contribution in [3.05, 3.63) is 23.8 Å². The number of ether oxygens (including phenoxy) is 1. The third-order valence-corrected chi connectivity index (χ3v) is 2.22. The fourth-order valence-corrected chi connectivity index (χ4v) is 1.47. The lowest BCUT2D eigenvalue weighted by molar-refractivity contribution is -0.116. The molecule has 1 amide bonds. The van der Waals surface area contributed by atoms with Crippen molar-refractivity contribution in [1.29, 1.82) is 0 Å². The molecule has 0 atom stereocenters. The Labute approximate surface area is 96.8 Å². The Balaban J connectivity index is 2.76. The van der Waals surface area contributed by atoms with Gasteiger partial charge in [-0.15, -0.1) is 0 Å². The van der Waals surface area contributed by atoms with Crippen LogP contribution in [0.1, 0.15) is 25.8 Å². The monoisotopic (exact) mass is 221 g/mol. The van der Waals surface area contributed by atoms with Gasteiger partial charge < -0.3 is 10.1 Å². The topological polar surface area (TPSA) is 38.3 Å². The number of carbonyl (C=O) groups excluding carboxylic acids is 1. The van der Waals surface area contributed by atoms with Crippen LogP contribution in [0.2, 0.25) is 0 Å². The molecule has 1 aromatic rings. The van der Waals surface area contributed by atoms with Crippen LogP contribution in [0.5, 0.6) is 5.75 Å². The zero-order valence-corrected chi connectivity index (χ0v) is 10.3. The molecule has 0 radical (unpaired) electrons. The van der Waals surface area contributed by atoms with E-state index in [1.165, 1.54) is 0 Å². The molecule has 0 heterocycles. The quantitative estimate of drug-likeness (QED) is 0.848. The number of rotatable bonds is 4. The largest absolute Gasteiger partial charge is 0.495 e. The van der Waals surface area contributed by atoms with Crippen molar-refractivity contribution in [3.63, 3.8) is 0 Å². The minimum Gasteiger partial charge on any atom is -0.495 e. The molecule has 0 bridgehead atoms. The standard InChI is InChI=1S/C13H19NO2/c1-9(2)7-13(15)14-11-6-5-10(3)8-12(11)16-4/h5-6,8-9H,7H2,1-4H3,(H,14,15). The molecule has 1 rings (SSSR count). The number of benzene rings is 1. The van der Waals surface area contributed by atoms with Gasteiger partial charge in [-0.2, -0.15) is 0 Å². The van der Waals surface area contributed by atoms with E-state index in [4.69, 9.17) is 4.74 Å². The number of anilines is 1. The van der Waals surface area contributed by atoms with Crippen LogP contribution in [-0.4, -0.2) is 13.0 Å². The summed E-state index contributed by atoms with van der Waals surface area (Å²) in [5.41, 5.74) is 1.84. The van der Waals surface area contributed by atoms with Crippen LogP contribution in [0.3, 0.4) is 0 Å². The van der Waals surface area contributed by atoms with Crippen LogP contribution < -0.4 is 10.1 Å². The van der Waals surface area contributed by atoms with Crippen molar-refractivity contribution in [2.45, 2.75) is 27.2 Å². The fourth-order valence-electron chi connectivity index (χ4n) is 1.47. The molecule has 0 unspecified atom stereocenters. The normalized spacial score (nSPS) is 10.3. The summed E-state index contributed by atoms with van der Waals surface area (Å²) < 4.78 is 5.22. The number of amides is 1. The Hall–Kier alpha value is -1.51. The maximum atomic E-state index is 11.6. The molecule has 0 aliphatic rings. The van der Waals surface area contributed by atoms with Gasteiger partial charge in [-0.05, 0) is 30.5 Å². The maximum Gasteiger partial charge on any atom is 0.224 e. The molecular weight excluding hydrogens is 202 g/mol. The van der Waals surface area contributed by atoms with E-state index in [2.05, 4.69) is 5.32 Å². The number of hydrogen-bond acceptors (Lipinski definition) is 2. The average Bonchev–Trinajstić information content (AvgIpc) is 2.19. The molecule has 0 saturated carbocycles. The molecule has 3 heteroatoms. The second kappa shape index (κ2) is 5.54. The van der Waals surface area contributed by atoms with Gasteiger partial charge in [0.15, 0.2) is 0 Å². The number of methoxy groups -OCH3 is 1. The molecule has 0 aromatic heterocycles. The lowest BCUT2D eigenvalue weighted by atomic mass is 10.1. The van der Waals surface area contributed by atoms with Crippen molar-refractivity contribution in [2.75, 3.05) is 12.4 Å². The first-order valence-electron chi connectivity index (χ1n) is 5.47. The summed E-state index contributed by atoms with van der Waals surface area (Å²) in [5.74, 6) is 1.09. The number of carbonyl (C=O) groups is 1. The summed E-state index contributed by atoms with van der Waals surface area (Å²) in [6.07, 6.45) is 0.525. The Morgan fingerprint density at radius 1 is 1.44 bits per heavy atom. The van der Waals surface area contributed by atoms with Gasteiger partial charge in [0, 0.05) is 6.42 Å². The Kier molecular flexibility index (Phi) is 4.35. The lowest BCUT2D eigenvalue weighted by Gasteiger charge is -2.11. The molecule has 88 valence electrons. The van der Waals surface area contributed by atoms with E-state index >= 15 is 0 Å². The van der Waals surface area contributed by atoms with E-state index in [0.717, 1.165) is 11.3 Å². The van der Waals surface area contributed by atoms with Crippen molar-refractivity contribution in [2.24, 2.45) is 5.92 Å². The van der Waals surface area contributed by atoms with Gasteiger partial charge in [0.05, 0.1) is 12.8 Å². The average molecular weight is 221 g/mol. The smallest absolute Gasteiger partial charge is 0.224 e. The third-order valence-electron chi connectivity index (χ3n) is 2.22. The first kappa shape index (κ1) is 12.6. The molecule has 1 N–H and O–H groups in total.